The Morgan fingerprint density at radius 2 is 1.96 bits per heavy atom. The third-order valence-electron chi connectivity index (χ3n) is 3.85. The average Bonchev–Trinajstić information content (AvgIpc) is 2.55. The smallest absolute Gasteiger partial charge is 0.270 e. The Morgan fingerprint density at radius 3 is 2.54 bits per heavy atom. The zero-order valence-electron chi connectivity index (χ0n) is 13.7. The summed E-state index contributed by atoms with van der Waals surface area (Å²) in [5.74, 6) is -0.514. The molecule has 0 aromatic heterocycles. The van der Waals surface area contributed by atoms with E-state index in [2.05, 4.69) is 5.32 Å². The van der Waals surface area contributed by atoms with E-state index in [4.69, 9.17) is 0 Å². The summed E-state index contributed by atoms with van der Waals surface area (Å²) < 4.78 is 0. The maximum atomic E-state index is 12.5. The summed E-state index contributed by atoms with van der Waals surface area (Å²) in [6.07, 6.45) is 0. The molecule has 1 N–H and O–H groups in total. The third-order valence-corrected chi connectivity index (χ3v) is 3.85. The van der Waals surface area contributed by atoms with Gasteiger partial charge in [0.2, 0.25) is 5.91 Å². The van der Waals surface area contributed by atoms with Crippen molar-refractivity contribution in [1.82, 2.24) is 15.1 Å². The highest BCUT2D eigenvalue weighted by atomic mass is 35.5. The Bertz CT molecular complexity index is 632. The van der Waals surface area contributed by atoms with Crippen LogP contribution in [0, 0.1) is 17.0 Å². The van der Waals surface area contributed by atoms with Crippen LogP contribution in [0.3, 0.4) is 0 Å². The predicted molar refractivity (Wildman–Crippen MR) is 91.5 cm³/mol. The molecule has 1 aliphatic heterocycles. The van der Waals surface area contributed by atoms with E-state index in [1.54, 1.807) is 11.8 Å². The molecule has 0 radical (unpaired) electrons. The SMILES string of the molecule is Cc1ccc([N+](=O)[O-])cc1C(=O)N(C)CC(=O)N1CCNCC1.Cl. The van der Waals surface area contributed by atoms with Gasteiger partial charge in [0.05, 0.1) is 11.5 Å². The monoisotopic (exact) mass is 356 g/mol. The maximum Gasteiger partial charge on any atom is 0.270 e. The molecule has 1 aromatic carbocycles. The number of benzene rings is 1. The predicted octanol–water partition coefficient (Wildman–Crippen LogP) is 0.829. The number of carbonyl (C=O) groups is 2. The number of nitro benzene ring substituents is 1. The van der Waals surface area contributed by atoms with Crippen molar-refractivity contribution in [2.24, 2.45) is 0 Å². The highest BCUT2D eigenvalue weighted by Gasteiger charge is 2.22. The van der Waals surface area contributed by atoms with Gasteiger partial charge in [0.1, 0.15) is 0 Å². The van der Waals surface area contributed by atoms with Crippen LogP contribution in [0.4, 0.5) is 5.69 Å². The number of nitro groups is 1. The summed E-state index contributed by atoms with van der Waals surface area (Å²) in [6, 6.07) is 4.15. The molecule has 0 saturated carbocycles. The average molecular weight is 357 g/mol. The Kier molecular flexibility index (Phi) is 7.12. The Hall–Kier alpha value is -2.19. The van der Waals surface area contributed by atoms with Crippen LogP contribution >= 0.6 is 12.4 Å². The van der Waals surface area contributed by atoms with Gasteiger partial charge in [-0.05, 0) is 12.5 Å². The van der Waals surface area contributed by atoms with Crippen molar-refractivity contribution in [2.45, 2.75) is 6.92 Å². The van der Waals surface area contributed by atoms with Crippen molar-refractivity contribution in [3.63, 3.8) is 0 Å². The minimum atomic E-state index is -0.540. The zero-order valence-corrected chi connectivity index (χ0v) is 14.5. The second-order valence-corrected chi connectivity index (χ2v) is 5.55. The van der Waals surface area contributed by atoms with Crippen molar-refractivity contribution in [1.29, 1.82) is 0 Å². The molecule has 0 aliphatic carbocycles. The third kappa shape index (κ3) is 4.65. The van der Waals surface area contributed by atoms with E-state index in [1.165, 1.54) is 30.1 Å². The van der Waals surface area contributed by atoms with Crippen molar-refractivity contribution >= 4 is 29.9 Å². The Morgan fingerprint density at radius 1 is 1.33 bits per heavy atom. The van der Waals surface area contributed by atoms with Gasteiger partial charge in [0, 0.05) is 50.9 Å². The molecule has 2 rings (SSSR count). The first-order chi connectivity index (χ1) is 10.9. The summed E-state index contributed by atoms with van der Waals surface area (Å²) in [7, 11) is 1.53. The van der Waals surface area contributed by atoms with Gasteiger partial charge in [-0.15, -0.1) is 12.4 Å². The Labute approximate surface area is 146 Å². The summed E-state index contributed by atoms with van der Waals surface area (Å²) in [5, 5.41) is 14.0. The molecule has 0 spiro atoms. The first kappa shape index (κ1) is 19.9. The number of halogens is 1. The van der Waals surface area contributed by atoms with Crippen molar-refractivity contribution in [3.05, 3.63) is 39.4 Å². The molecule has 132 valence electrons. The van der Waals surface area contributed by atoms with Crippen molar-refractivity contribution < 1.29 is 14.5 Å². The fourth-order valence-corrected chi connectivity index (χ4v) is 2.45. The molecule has 24 heavy (non-hydrogen) atoms. The van der Waals surface area contributed by atoms with Crippen LogP contribution < -0.4 is 5.32 Å². The highest BCUT2D eigenvalue weighted by molar-refractivity contribution is 5.98. The number of non-ortho nitro benzene ring substituents is 1. The van der Waals surface area contributed by atoms with Crippen LogP contribution in [-0.2, 0) is 4.79 Å². The first-order valence-corrected chi connectivity index (χ1v) is 7.39. The highest BCUT2D eigenvalue weighted by Crippen LogP contribution is 2.18. The second kappa shape index (κ2) is 8.60. The number of likely N-dealkylation sites (N-methyl/N-ethyl adjacent to an activating group) is 1. The van der Waals surface area contributed by atoms with E-state index >= 15 is 0 Å². The van der Waals surface area contributed by atoms with Gasteiger partial charge in [-0.25, -0.2) is 0 Å². The van der Waals surface area contributed by atoms with Gasteiger partial charge in [0.25, 0.3) is 11.6 Å². The van der Waals surface area contributed by atoms with Gasteiger partial charge in [-0.1, -0.05) is 6.07 Å². The van der Waals surface area contributed by atoms with E-state index in [-0.39, 0.29) is 36.1 Å². The molecule has 1 saturated heterocycles. The van der Waals surface area contributed by atoms with Gasteiger partial charge < -0.3 is 15.1 Å². The van der Waals surface area contributed by atoms with Crippen LogP contribution in [0.25, 0.3) is 0 Å². The van der Waals surface area contributed by atoms with Crippen LogP contribution in [0.1, 0.15) is 15.9 Å². The number of hydrogen-bond donors (Lipinski definition) is 1. The minimum Gasteiger partial charge on any atom is -0.339 e. The van der Waals surface area contributed by atoms with Gasteiger partial charge in [-0.3, -0.25) is 19.7 Å². The number of hydrogen-bond acceptors (Lipinski definition) is 5. The largest absolute Gasteiger partial charge is 0.339 e. The molecule has 1 heterocycles. The standard InChI is InChI=1S/C15H20N4O4.ClH/c1-11-3-4-12(19(22)23)9-13(11)15(21)17(2)10-14(20)18-7-5-16-6-8-18;/h3-4,9,16H,5-8,10H2,1-2H3;1H. The van der Waals surface area contributed by atoms with Crippen LogP contribution in [0.5, 0.6) is 0 Å². The number of nitrogens with one attached hydrogen (secondary N) is 1. The number of piperazine rings is 1. The maximum absolute atomic E-state index is 12.5. The lowest BCUT2D eigenvalue weighted by atomic mass is 10.1. The van der Waals surface area contributed by atoms with Crippen LogP contribution in [-0.4, -0.2) is 66.3 Å². The number of aryl methyl sites for hydroxylation is 1. The summed E-state index contributed by atoms with van der Waals surface area (Å²) in [4.78, 5) is 38.0. The molecule has 1 fully saturated rings. The molecule has 1 aliphatic rings. The second-order valence-electron chi connectivity index (χ2n) is 5.55. The van der Waals surface area contributed by atoms with E-state index in [0.29, 0.717) is 18.7 Å². The first-order valence-electron chi connectivity index (χ1n) is 7.39. The van der Waals surface area contributed by atoms with Gasteiger partial charge >= 0.3 is 0 Å². The number of nitrogens with zero attached hydrogens (tertiary/aromatic N) is 3. The van der Waals surface area contributed by atoms with E-state index in [9.17, 15) is 19.7 Å². The van der Waals surface area contributed by atoms with E-state index in [1.807, 2.05) is 0 Å². The number of carbonyl (C=O) groups excluding carboxylic acids is 2. The van der Waals surface area contributed by atoms with E-state index in [0.717, 1.165) is 13.1 Å². The lowest BCUT2D eigenvalue weighted by molar-refractivity contribution is -0.384. The fourth-order valence-electron chi connectivity index (χ4n) is 2.45. The van der Waals surface area contributed by atoms with Crippen molar-refractivity contribution in [3.8, 4) is 0 Å². The quantitative estimate of drug-likeness (QED) is 0.636. The lowest BCUT2D eigenvalue weighted by Crippen LogP contribution is -2.49. The summed E-state index contributed by atoms with van der Waals surface area (Å²) in [5.41, 5.74) is 0.748. The number of amides is 2. The molecule has 1 aromatic rings. The normalized spacial score (nSPS) is 13.8. The summed E-state index contributed by atoms with van der Waals surface area (Å²) in [6.45, 7) is 4.40. The molecule has 0 bridgehead atoms. The molecular weight excluding hydrogens is 336 g/mol. The lowest BCUT2D eigenvalue weighted by Gasteiger charge is -2.29. The molecular formula is C15H21ClN4O4. The molecule has 0 atom stereocenters. The number of rotatable bonds is 4. The van der Waals surface area contributed by atoms with Gasteiger partial charge in [0.15, 0.2) is 0 Å². The fraction of sp³-hybridized carbons (Fsp3) is 0.467. The molecule has 9 heteroatoms. The molecule has 0 unspecified atom stereocenters. The van der Waals surface area contributed by atoms with E-state index < -0.39 is 10.8 Å². The van der Waals surface area contributed by atoms with Crippen LogP contribution in [0.2, 0.25) is 0 Å². The minimum absolute atomic E-state index is 0. The van der Waals surface area contributed by atoms with Crippen LogP contribution in [0.15, 0.2) is 18.2 Å². The Balaban J connectivity index is 0.00000288. The van der Waals surface area contributed by atoms with Crippen molar-refractivity contribution in [2.75, 3.05) is 39.8 Å². The van der Waals surface area contributed by atoms with Gasteiger partial charge in [-0.2, -0.15) is 0 Å². The molecule has 2 amide bonds. The molecule has 8 nitrogen and oxygen atoms in total. The summed E-state index contributed by atoms with van der Waals surface area (Å²) >= 11 is 0. The zero-order chi connectivity index (χ0) is 17.0. The topological polar surface area (TPSA) is 95.8 Å².